The van der Waals surface area contributed by atoms with Crippen LogP contribution in [0.1, 0.15) is 23.7 Å². The van der Waals surface area contributed by atoms with Gasteiger partial charge in [0, 0.05) is 23.9 Å². The molecule has 0 fully saturated rings. The van der Waals surface area contributed by atoms with E-state index >= 15 is 0 Å². The SMILES string of the molecule is Cc1ccc2oc(SCc3noc(CCC(=O)Nc4cccc5ccccc45)n3)nc2c1. The zero-order valence-corrected chi connectivity index (χ0v) is 18.2. The zero-order chi connectivity index (χ0) is 21.9. The third-order valence-electron chi connectivity index (χ3n) is 4.99. The summed E-state index contributed by atoms with van der Waals surface area (Å²) in [6.45, 7) is 2.02. The van der Waals surface area contributed by atoms with Gasteiger partial charge in [0.2, 0.25) is 11.8 Å². The fourth-order valence-electron chi connectivity index (χ4n) is 3.42. The fourth-order valence-corrected chi connectivity index (χ4v) is 4.10. The number of carbonyl (C=O) groups is 1. The molecule has 32 heavy (non-hydrogen) atoms. The van der Waals surface area contributed by atoms with Gasteiger partial charge in [0.15, 0.2) is 11.4 Å². The molecule has 0 aliphatic carbocycles. The van der Waals surface area contributed by atoms with Crippen molar-refractivity contribution in [2.75, 3.05) is 5.32 Å². The van der Waals surface area contributed by atoms with Gasteiger partial charge in [-0.05, 0) is 36.1 Å². The lowest BCUT2D eigenvalue weighted by Crippen LogP contribution is -2.12. The number of oxazole rings is 1. The van der Waals surface area contributed by atoms with Gasteiger partial charge in [-0.3, -0.25) is 4.79 Å². The summed E-state index contributed by atoms with van der Waals surface area (Å²) in [5.41, 5.74) is 3.52. The number of hydrogen-bond donors (Lipinski definition) is 1. The average Bonchev–Trinajstić information content (AvgIpc) is 3.42. The zero-order valence-electron chi connectivity index (χ0n) is 17.4. The number of rotatable bonds is 7. The lowest BCUT2D eigenvalue weighted by molar-refractivity contribution is -0.116. The van der Waals surface area contributed by atoms with Crippen molar-refractivity contribution >= 4 is 45.2 Å². The van der Waals surface area contributed by atoms with Crippen LogP contribution in [0.25, 0.3) is 21.9 Å². The molecule has 1 N–H and O–H groups in total. The summed E-state index contributed by atoms with van der Waals surface area (Å²) in [5, 5.41) is 9.62. The Morgan fingerprint density at radius 1 is 1.06 bits per heavy atom. The van der Waals surface area contributed by atoms with Crippen LogP contribution in [-0.2, 0) is 17.0 Å². The molecule has 2 aromatic heterocycles. The first-order valence-corrected chi connectivity index (χ1v) is 11.2. The van der Waals surface area contributed by atoms with Crippen LogP contribution in [0.3, 0.4) is 0 Å². The highest BCUT2D eigenvalue weighted by Crippen LogP contribution is 2.26. The van der Waals surface area contributed by atoms with Crippen molar-refractivity contribution in [3.63, 3.8) is 0 Å². The molecule has 0 aliphatic heterocycles. The number of thioether (sulfide) groups is 1. The van der Waals surface area contributed by atoms with Crippen LogP contribution in [0.2, 0.25) is 0 Å². The van der Waals surface area contributed by atoms with E-state index in [-0.39, 0.29) is 12.3 Å². The van der Waals surface area contributed by atoms with Crippen molar-refractivity contribution in [2.24, 2.45) is 0 Å². The lowest BCUT2D eigenvalue weighted by Gasteiger charge is -2.08. The maximum absolute atomic E-state index is 12.4. The Kier molecular flexibility index (Phi) is 5.60. The van der Waals surface area contributed by atoms with E-state index in [4.69, 9.17) is 8.94 Å². The average molecular weight is 445 g/mol. The summed E-state index contributed by atoms with van der Waals surface area (Å²) < 4.78 is 11.0. The normalized spacial score (nSPS) is 11.3. The number of nitrogens with zero attached hydrogens (tertiary/aromatic N) is 3. The van der Waals surface area contributed by atoms with E-state index in [1.54, 1.807) is 0 Å². The second-order valence-corrected chi connectivity index (χ2v) is 8.35. The quantitative estimate of drug-likeness (QED) is 0.330. The van der Waals surface area contributed by atoms with Gasteiger partial charge in [0.25, 0.3) is 5.22 Å². The largest absolute Gasteiger partial charge is 0.431 e. The van der Waals surface area contributed by atoms with Gasteiger partial charge >= 0.3 is 0 Å². The van der Waals surface area contributed by atoms with Gasteiger partial charge < -0.3 is 14.3 Å². The number of hydrogen-bond acceptors (Lipinski definition) is 7. The topological polar surface area (TPSA) is 94.0 Å². The first-order valence-electron chi connectivity index (χ1n) is 10.2. The van der Waals surface area contributed by atoms with Crippen LogP contribution in [0.15, 0.2) is 74.8 Å². The molecule has 0 saturated carbocycles. The van der Waals surface area contributed by atoms with Gasteiger partial charge in [-0.15, -0.1) is 0 Å². The monoisotopic (exact) mass is 444 g/mol. The van der Waals surface area contributed by atoms with Crippen molar-refractivity contribution in [1.82, 2.24) is 15.1 Å². The second kappa shape index (κ2) is 8.84. The van der Waals surface area contributed by atoms with Gasteiger partial charge in [-0.2, -0.15) is 4.98 Å². The van der Waals surface area contributed by atoms with Crippen LogP contribution < -0.4 is 5.32 Å². The number of aryl methyl sites for hydroxylation is 2. The Morgan fingerprint density at radius 3 is 2.88 bits per heavy atom. The molecule has 8 heteroatoms. The highest BCUT2D eigenvalue weighted by Gasteiger charge is 2.13. The highest BCUT2D eigenvalue weighted by atomic mass is 32.2. The van der Waals surface area contributed by atoms with Crippen molar-refractivity contribution in [2.45, 2.75) is 30.7 Å². The van der Waals surface area contributed by atoms with Gasteiger partial charge in [-0.25, -0.2) is 4.98 Å². The smallest absolute Gasteiger partial charge is 0.257 e. The Morgan fingerprint density at radius 2 is 1.94 bits per heavy atom. The Balaban J connectivity index is 1.15. The number of aromatic nitrogens is 3. The molecular formula is C24H20N4O3S. The van der Waals surface area contributed by atoms with E-state index in [1.165, 1.54) is 11.8 Å². The first kappa shape index (κ1) is 20.3. The van der Waals surface area contributed by atoms with Gasteiger partial charge in [0.05, 0.1) is 5.75 Å². The van der Waals surface area contributed by atoms with E-state index in [2.05, 4.69) is 20.4 Å². The molecule has 0 aliphatic rings. The minimum Gasteiger partial charge on any atom is -0.431 e. The molecule has 0 atom stereocenters. The number of anilines is 1. The molecule has 0 spiro atoms. The fraction of sp³-hybridized carbons (Fsp3) is 0.167. The summed E-state index contributed by atoms with van der Waals surface area (Å²) in [7, 11) is 0. The maximum Gasteiger partial charge on any atom is 0.257 e. The molecule has 0 unspecified atom stereocenters. The van der Waals surface area contributed by atoms with Crippen molar-refractivity contribution in [1.29, 1.82) is 0 Å². The van der Waals surface area contributed by atoms with Crippen LogP contribution >= 0.6 is 11.8 Å². The minimum absolute atomic E-state index is 0.0998. The molecule has 7 nitrogen and oxygen atoms in total. The van der Waals surface area contributed by atoms with E-state index < -0.39 is 0 Å². The lowest BCUT2D eigenvalue weighted by atomic mass is 10.1. The number of amides is 1. The summed E-state index contributed by atoms with van der Waals surface area (Å²) in [5.74, 6) is 1.34. The van der Waals surface area contributed by atoms with Crippen molar-refractivity contribution in [3.8, 4) is 0 Å². The molecule has 3 aromatic carbocycles. The van der Waals surface area contributed by atoms with E-state index in [0.717, 1.165) is 33.1 Å². The summed E-state index contributed by atoms with van der Waals surface area (Å²) in [6, 6.07) is 19.7. The summed E-state index contributed by atoms with van der Waals surface area (Å²) in [4.78, 5) is 21.3. The Bertz CT molecular complexity index is 1400. The number of carbonyl (C=O) groups excluding carboxylic acids is 1. The molecule has 0 radical (unpaired) electrons. The number of nitrogens with one attached hydrogen (secondary N) is 1. The highest BCUT2D eigenvalue weighted by molar-refractivity contribution is 7.98. The van der Waals surface area contributed by atoms with Crippen LogP contribution in [0.5, 0.6) is 0 Å². The third-order valence-corrected chi connectivity index (χ3v) is 5.81. The molecule has 2 heterocycles. The van der Waals surface area contributed by atoms with Gasteiger partial charge in [0.1, 0.15) is 5.52 Å². The molecule has 0 bridgehead atoms. The molecule has 5 aromatic rings. The third kappa shape index (κ3) is 4.50. The van der Waals surface area contributed by atoms with Crippen LogP contribution in [-0.4, -0.2) is 21.0 Å². The minimum atomic E-state index is -0.0998. The number of benzene rings is 3. The summed E-state index contributed by atoms with van der Waals surface area (Å²) >= 11 is 1.40. The second-order valence-electron chi connectivity index (χ2n) is 7.42. The van der Waals surface area contributed by atoms with Crippen molar-refractivity contribution < 1.29 is 13.7 Å². The Hall–Kier alpha value is -3.65. The van der Waals surface area contributed by atoms with Gasteiger partial charge in [-0.1, -0.05) is 59.4 Å². The summed E-state index contributed by atoms with van der Waals surface area (Å²) in [6.07, 6.45) is 0.624. The molecule has 0 saturated heterocycles. The van der Waals surface area contributed by atoms with Crippen LogP contribution in [0.4, 0.5) is 5.69 Å². The first-order chi connectivity index (χ1) is 15.6. The Labute approximate surface area is 188 Å². The predicted octanol–water partition coefficient (Wildman–Crippen LogP) is 5.54. The molecule has 1 amide bonds. The van der Waals surface area contributed by atoms with Crippen LogP contribution in [0, 0.1) is 6.92 Å². The van der Waals surface area contributed by atoms with Crippen molar-refractivity contribution in [3.05, 3.63) is 77.9 Å². The predicted molar refractivity (Wildman–Crippen MR) is 124 cm³/mol. The molecule has 160 valence electrons. The molecule has 5 rings (SSSR count). The number of fused-ring (bicyclic) bond motifs is 2. The molecular weight excluding hydrogens is 424 g/mol. The maximum atomic E-state index is 12.4. The van der Waals surface area contributed by atoms with E-state index in [9.17, 15) is 4.79 Å². The van der Waals surface area contributed by atoms with E-state index in [0.29, 0.717) is 29.1 Å². The van der Waals surface area contributed by atoms with E-state index in [1.807, 2.05) is 67.6 Å². The standard InChI is InChI=1S/C24H20N4O3S/c1-15-9-10-20-19(13-15)26-24(30-20)32-14-21-27-23(31-28-21)12-11-22(29)25-18-8-4-6-16-5-2-3-7-17(16)18/h2-10,13H,11-12,14H2,1H3,(H,25,29).